The number of benzene rings is 2. The summed E-state index contributed by atoms with van der Waals surface area (Å²) in [5.74, 6) is 1.37. The number of carbonyl (C=O) groups excluding carboxylic acids is 2. The molecule has 0 aromatic heterocycles. The average Bonchev–Trinajstić information content (AvgIpc) is 2.77. The lowest BCUT2D eigenvalue weighted by Crippen LogP contribution is -2.50. The molecule has 6 nitrogen and oxygen atoms in total. The smallest absolute Gasteiger partial charge is 0.261 e. The van der Waals surface area contributed by atoms with Crippen molar-refractivity contribution in [1.29, 1.82) is 0 Å². The highest BCUT2D eigenvalue weighted by atomic mass is 16.5. The number of hydrogen-bond acceptors (Lipinski definition) is 4. The van der Waals surface area contributed by atoms with Gasteiger partial charge in [-0.15, -0.1) is 0 Å². The molecule has 0 bridgehead atoms. The highest BCUT2D eigenvalue weighted by Gasteiger charge is 2.29. The first-order valence-electron chi connectivity index (χ1n) is 11.1. The van der Waals surface area contributed by atoms with Crippen molar-refractivity contribution in [2.45, 2.75) is 53.6 Å². The van der Waals surface area contributed by atoms with Crippen LogP contribution in [0.2, 0.25) is 0 Å². The number of hydrogen-bond donors (Lipinski definition) is 1. The van der Waals surface area contributed by atoms with Gasteiger partial charge < -0.3 is 19.7 Å². The second kappa shape index (κ2) is 12.1. The fourth-order valence-electron chi connectivity index (χ4n) is 3.45. The zero-order chi connectivity index (χ0) is 23.7. The van der Waals surface area contributed by atoms with Gasteiger partial charge in [-0.25, -0.2) is 0 Å². The number of nitrogens with one attached hydrogen (secondary N) is 1. The molecule has 2 aromatic rings. The Bertz CT molecular complexity index is 893. The van der Waals surface area contributed by atoms with Gasteiger partial charge in [-0.1, -0.05) is 50.6 Å². The van der Waals surface area contributed by atoms with Gasteiger partial charge in [0.15, 0.2) is 6.61 Å². The van der Waals surface area contributed by atoms with Crippen LogP contribution in [0.5, 0.6) is 11.5 Å². The van der Waals surface area contributed by atoms with E-state index < -0.39 is 6.04 Å². The SMILES string of the molecule is CC[C@H](C(=O)NCC(C)C)N(Cc1ccc(OC)cc1)C(=O)COc1ccc(C)cc1C. The zero-order valence-electron chi connectivity index (χ0n) is 20.1. The van der Waals surface area contributed by atoms with Crippen LogP contribution in [0.25, 0.3) is 0 Å². The first-order valence-corrected chi connectivity index (χ1v) is 11.1. The van der Waals surface area contributed by atoms with Crippen molar-refractivity contribution in [3.8, 4) is 11.5 Å². The first-order chi connectivity index (χ1) is 15.2. The second-order valence-corrected chi connectivity index (χ2v) is 8.49. The number of methoxy groups -OCH3 is 1. The minimum absolute atomic E-state index is 0.131. The highest BCUT2D eigenvalue weighted by molar-refractivity contribution is 5.88. The van der Waals surface area contributed by atoms with Crippen molar-refractivity contribution in [2.75, 3.05) is 20.3 Å². The summed E-state index contributed by atoms with van der Waals surface area (Å²) in [6, 6.07) is 12.8. The van der Waals surface area contributed by atoms with Crippen molar-refractivity contribution in [3.05, 3.63) is 59.2 Å². The van der Waals surface area contributed by atoms with Crippen molar-refractivity contribution in [3.63, 3.8) is 0 Å². The van der Waals surface area contributed by atoms with E-state index in [9.17, 15) is 9.59 Å². The third-order valence-electron chi connectivity index (χ3n) is 5.26. The van der Waals surface area contributed by atoms with Crippen LogP contribution < -0.4 is 14.8 Å². The quantitative estimate of drug-likeness (QED) is 0.567. The number of nitrogens with zero attached hydrogens (tertiary/aromatic N) is 1. The molecular weight excluding hydrogens is 404 g/mol. The van der Waals surface area contributed by atoms with E-state index in [1.165, 1.54) is 0 Å². The van der Waals surface area contributed by atoms with Gasteiger partial charge in [0, 0.05) is 13.1 Å². The molecule has 0 aliphatic heterocycles. The Kier molecular flexibility index (Phi) is 9.57. The van der Waals surface area contributed by atoms with Gasteiger partial charge in [-0.3, -0.25) is 9.59 Å². The van der Waals surface area contributed by atoms with Crippen molar-refractivity contribution in [1.82, 2.24) is 10.2 Å². The maximum absolute atomic E-state index is 13.3. The highest BCUT2D eigenvalue weighted by Crippen LogP contribution is 2.20. The number of rotatable bonds is 11. The van der Waals surface area contributed by atoms with Crippen LogP contribution in [0.15, 0.2) is 42.5 Å². The van der Waals surface area contributed by atoms with E-state index in [0.717, 1.165) is 22.4 Å². The number of aryl methyl sites for hydroxylation is 2. The molecule has 2 aromatic carbocycles. The van der Waals surface area contributed by atoms with E-state index in [2.05, 4.69) is 5.32 Å². The van der Waals surface area contributed by atoms with Crippen molar-refractivity contribution in [2.24, 2.45) is 5.92 Å². The van der Waals surface area contributed by atoms with Crippen molar-refractivity contribution >= 4 is 11.8 Å². The van der Waals surface area contributed by atoms with Crippen LogP contribution in [0, 0.1) is 19.8 Å². The summed E-state index contributed by atoms with van der Waals surface area (Å²) >= 11 is 0. The largest absolute Gasteiger partial charge is 0.497 e. The van der Waals surface area contributed by atoms with Gasteiger partial charge >= 0.3 is 0 Å². The van der Waals surface area contributed by atoms with Crippen LogP contribution in [0.3, 0.4) is 0 Å². The predicted molar refractivity (Wildman–Crippen MR) is 127 cm³/mol. The molecule has 0 saturated heterocycles. The van der Waals surface area contributed by atoms with Crippen LogP contribution in [-0.4, -0.2) is 43.0 Å². The van der Waals surface area contributed by atoms with E-state index in [-0.39, 0.29) is 18.4 Å². The lowest BCUT2D eigenvalue weighted by Gasteiger charge is -2.31. The van der Waals surface area contributed by atoms with E-state index >= 15 is 0 Å². The van der Waals surface area contributed by atoms with Gasteiger partial charge in [0.05, 0.1) is 7.11 Å². The van der Waals surface area contributed by atoms with Gasteiger partial charge in [0.25, 0.3) is 5.91 Å². The van der Waals surface area contributed by atoms with Crippen LogP contribution in [0.4, 0.5) is 0 Å². The molecule has 1 N–H and O–H groups in total. The molecule has 1 atom stereocenters. The molecule has 0 aliphatic rings. The normalized spacial score (nSPS) is 11.7. The summed E-state index contributed by atoms with van der Waals surface area (Å²) in [4.78, 5) is 27.8. The minimum atomic E-state index is -0.578. The molecule has 2 amide bonds. The van der Waals surface area contributed by atoms with E-state index in [1.807, 2.05) is 77.1 Å². The standard InChI is InChI=1S/C26H36N2O4/c1-7-23(26(30)27-15-18(2)3)28(16-21-9-11-22(31-6)12-10-21)25(29)17-32-24-13-8-19(4)14-20(24)5/h8-14,18,23H,7,15-17H2,1-6H3,(H,27,30)/t23-/m1/s1. The van der Waals surface area contributed by atoms with Gasteiger partial charge in [-0.2, -0.15) is 0 Å². The molecule has 174 valence electrons. The van der Waals surface area contributed by atoms with Crippen LogP contribution >= 0.6 is 0 Å². The Labute approximate surface area is 191 Å². The third-order valence-corrected chi connectivity index (χ3v) is 5.26. The molecule has 0 fully saturated rings. The Morgan fingerprint density at radius 3 is 2.31 bits per heavy atom. The van der Waals surface area contributed by atoms with Gasteiger partial charge in [-0.05, 0) is 55.5 Å². The zero-order valence-corrected chi connectivity index (χ0v) is 20.1. The summed E-state index contributed by atoms with van der Waals surface area (Å²) in [5.41, 5.74) is 3.03. The molecule has 0 radical (unpaired) electrons. The number of amides is 2. The molecule has 0 spiro atoms. The molecular formula is C26H36N2O4. The molecule has 2 rings (SSSR count). The monoisotopic (exact) mass is 440 g/mol. The molecule has 0 saturated carbocycles. The third kappa shape index (κ3) is 7.29. The maximum atomic E-state index is 13.3. The number of ether oxygens (including phenoxy) is 2. The van der Waals surface area contributed by atoms with Crippen molar-refractivity contribution < 1.29 is 19.1 Å². The average molecular weight is 441 g/mol. The minimum Gasteiger partial charge on any atom is -0.497 e. The lowest BCUT2D eigenvalue weighted by atomic mass is 10.1. The van der Waals surface area contributed by atoms with Gasteiger partial charge in [0.2, 0.25) is 5.91 Å². The molecule has 0 unspecified atom stereocenters. The molecule has 32 heavy (non-hydrogen) atoms. The summed E-state index contributed by atoms with van der Waals surface area (Å²) in [5, 5.41) is 2.97. The van der Waals surface area contributed by atoms with E-state index in [1.54, 1.807) is 12.0 Å². The summed E-state index contributed by atoms with van der Waals surface area (Å²) < 4.78 is 11.1. The summed E-state index contributed by atoms with van der Waals surface area (Å²) in [7, 11) is 1.61. The molecule has 0 aliphatic carbocycles. The summed E-state index contributed by atoms with van der Waals surface area (Å²) in [6.07, 6.45) is 0.509. The Morgan fingerprint density at radius 1 is 1.06 bits per heavy atom. The lowest BCUT2D eigenvalue weighted by molar-refractivity contribution is -0.143. The maximum Gasteiger partial charge on any atom is 0.261 e. The molecule has 6 heteroatoms. The summed E-state index contributed by atoms with van der Waals surface area (Å²) in [6.45, 7) is 10.7. The first kappa shape index (κ1) is 25.2. The molecule has 0 heterocycles. The van der Waals surface area contributed by atoms with E-state index in [4.69, 9.17) is 9.47 Å². The predicted octanol–water partition coefficient (Wildman–Crippen LogP) is 4.27. The second-order valence-electron chi connectivity index (χ2n) is 8.49. The van der Waals surface area contributed by atoms with Gasteiger partial charge in [0.1, 0.15) is 17.5 Å². The Balaban J connectivity index is 2.21. The topological polar surface area (TPSA) is 67.9 Å². The fraction of sp³-hybridized carbons (Fsp3) is 0.462. The fourth-order valence-corrected chi connectivity index (χ4v) is 3.45. The van der Waals surface area contributed by atoms with E-state index in [0.29, 0.717) is 31.2 Å². The Hall–Kier alpha value is -3.02. The van der Waals surface area contributed by atoms with Crippen LogP contribution in [-0.2, 0) is 16.1 Å². The number of carbonyl (C=O) groups is 2. The Morgan fingerprint density at radius 2 is 1.75 bits per heavy atom. The van der Waals surface area contributed by atoms with Crippen LogP contribution in [0.1, 0.15) is 43.9 Å².